The third-order valence-corrected chi connectivity index (χ3v) is 3.00. The average molecular weight is 285 g/mol. The maximum Gasteiger partial charge on any atom is 0.338 e. The minimum atomic E-state index is -0.700. The lowest BCUT2D eigenvalue weighted by Crippen LogP contribution is -2.05. The zero-order valence-electron chi connectivity index (χ0n) is 11.1. The van der Waals surface area contributed by atoms with Crippen molar-refractivity contribution in [1.29, 1.82) is 0 Å². The summed E-state index contributed by atoms with van der Waals surface area (Å²) in [6.45, 7) is 0. The summed E-state index contributed by atoms with van der Waals surface area (Å²) in [5, 5.41) is 10.8. The molecule has 2 aromatic carbocycles. The van der Waals surface area contributed by atoms with E-state index < -0.39 is 10.9 Å². The van der Waals surface area contributed by atoms with Crippen LogP contribution in [0.4, 0.5) is 5.69 Å². The van der Waals surface area contributed by atoms with E-state index in [2.05, 4.69) is 4.74 Å². The summed E-state index contributed by atoms with van der Waals surface area (Å²) in [4.78, 5) is 33.2. The maximum atomic E-state index is 11.8. The first-order valence-electron chi connectivity index (χ1n) is 6.00. The minimum absolute atomic E-state index is 0.0426. The summed E-state index contributed by atoms with van der Waals surface area (Å²) in [7, 11) is 1.19. The fourth-order valence-corrected chi connectivity index (χ4v) is 2.00. The molecule has 0 fully saturated rings. The molecule has 6 heteroatoms. The third-order valence-electron chi connectivity index (χ3n) is 3.00. The van der Waals surface area contributed by atoms with Gasteiger partial charge in [-0.1, -0.05) is 24.3 Å². The van der Waals surface area contributed by atoms with E-state index in [-0.39, 0.29) is 11.3 Å². The molecule has 0 aliphatic carbocycles. The molecule has 0 heterocycles. The van der Waals surface area contributed by atoms with Crippen molar-refractivity contribution >= 4 is 17.9 Å². The van der Waals surface area contributed by atoms with Gasteiger partial charge in [-0.05, 0) is 17.2 Å². The zero-order valence-corrected chi connectivity index (χ0v) is 11.1. The zero-order chi connectivity index (χ0) is 15.4. The van der Waals surface area contributed by atoms with Crippen LogP contribution in [-0.2, 0) is 4.74 Å². The number of hydrogen-bond donors (Lipinski definition) is 0. The Hall–Kier alpha value is -3.02. The molecule has 0 aromatic heterocycles. The van der Waals surface area contributed by atoms with Crippen LogP contribution in [0, 0.1) is 10.1 Å². The number of nitro benzene ring substituents is 1. The first-order valence-corrected chi connectivity index (χ1v) is 6.00. The number of esters is 1. The van der Waals surface area contributed by atoms with Crippen molar-refractivity contribution in [1.82, 2.24) is 0 Å². The molecule has 0 N–H and O–H groups in total. The number of ether oxygens (including phenoxy) is 1. The van der Waals surface area contributed by atoms with E-state index in [1.807, 2.05) is 0 Å². The second-order valence-electron chi connectivity index (χ2n) is 4.18. The molecule has 0 radical (unpaired) electrons. The van der Waals surface area contributed by atoms with Crippen LogP contribution in [0.1, 0.15) is 20.7 Å². The molecule has 0 aliphatic heterocycles. The Kier molecular flexibility index (Phi) is 4.08. The van der Waals surface area contributed by atoms with Crippen molar-refractivity contribution in [2.75, 3.05) is 7.11 Å². The fraction of sp³-hybridized carbons (Fsp3) is 0.0667. The molecule has 0 saturated carbocycles. The number of hydrogen-bond acceptors (Lipinski definition) is 5. The highest BCUT2D eigenvalue weighted by Gasteiger charge is 2.19. The van der Waals surface area contributed by atoms with E-state index in [1.54, 1.807) is 24.3 Å². The smallest absolute Gasteiger partial charge is 0.338 e. The maximum absolute atomic E-state index is 11.8. The van der Waals surface area contributed by atoms with E-state index >= 15 is 0 Å². The Morgan fingerprint density at radius 2 is 1.90 bits per heavy atom. The monoisotopic (exact) mass is 285 g/mol. The van der Waals surface area contributed by atoms with Gasteiger partial charge in [-0.3, -0.25) is 14.9 Å². The Labute approximate surface area is 120 Å². The molecule has 0 unspecified atom stereocenters. The van der Waals surface area contributed by atoms with Crippen LogP contribution in [0.25, 0.3) is 11.1 Å². The molecule has 0 spiro atoms. The van der Waals surface area contributed by atoms with E-state index in [1.165, 1.54) is 19.2 Å². The third kappa shape index (κ3) is 2.79. The Morgan fingerprint density at radius 3 is 2.52 bits per heavy atom. The number of non-ortho nitro benzene ring substituents is 1. The number of carbonyl (C=O) groups is 2. The van der Waals surface area contributed by atoms with Gasteiger partial charge in [0.1, 0.15) is 0 Å². The van der Waals surface area contributed by atoms with Gasteiger partial charge in [0.15, 0.2) is 6.29 Å². The average Bonchev–Trinajstić information content (AvgIpc) is 2.53. The van der Waals surface area contributed by atoms with Gasteiger partial charge >= 0.3 is 5.97 Å². The first-order chi connectivity index (χ1) is 10.1. The molecular formula is C15H11NO5. The van der Waals surface area contributed by atoms with E-state index in [4.69, 9.17) is 0 Å². The predicted octanol–water partition coefficient (Wildman–Crippen LogP) is 2.86. The summed E-state index contributed by atoms with van der Waals surface area (Å²) >= 11 is 0. The van der Waals surface area contributed by atoms with Crippen molar-refractivity contribution in [2.24, 2.45) is 0 Å². The standard InChI is InChI=1S/C15H11NO5/c1-21-15(18)14-8-11(16(19)20)6-7-13(14)12-5-3-2-4-10(12)9-17/h2-9H,1H3. The van der Waals surface area contributed by atoms with Crippen molar-refractivity contribution in [2.45, 2.75) is 0 Å². The highest BCUT2D eigenvalue weighted by Crippen LogP contribution is 2.29. The van der Waals surface area contributed by atoms with Gasteiger partial charge < -0.3 is 4.74 Å². The van der Waals surface area contributed by atoms with Gasteiger partial charge in [0.05, 0.1) is 17.6 Å². The number of methoxy groups -OCH3 is 1. The summed E-state index contributed by atoms with van der Waals surface area (Å²) in [5.74, 6) is -0.700. The first kappa shape index (κ1) is 14.4. The summed E-state index contributed by atoms with van der Waals surface area (Å²) in [6, 6.07) is 10.5. The lowest BCUT2D eigenvalue weighted by molar-refractivity contribution is -0.384. The summed E-state index contributed by atoms with van der Waals surface area (Å²) in [6.07, 6.45) is 0.664. The van der Waals surface area contributed by atoms with Gasteiger partial charge in [0.2, 0.25) is 0 Å². The topological polar surface area (TPSA) is 86.5 Å². The van der Waals surface area contributed by atoms with Crippen molar-refractivity contribution < 1.29 is 19.2 Å². The number of carbonyl (C=O) groups excluding carboxylic acids is 2. The number of aldehydes is 1. The number of benzene rings is 2. The van der Waals surface area contributed by atoms with Crippen LogP contribution in [0.2, 0.25) is 0 Å². The molecule has 106 valence electrons. The minimum Gasteiger partial charge on any atom is -0.465 e. The highest BCUT2D eigenvalue weighted by atomic mass is 16.6. The Bertz CT molecular complexity index is 724. The van der Waals surface area contributed by atoms with Crippen LogP contribution in [0.15, 0.2) is 42.5 Å². The van der Waals surface area contributed by atoms with Crippen molar-refractivity contribution in [3.63, 3.8) is 0 Å². The molecule has 2 rings (SSSR count). The van der Waals surface area contributed by atoms with E-state index in [0.717, 1.165) is 6.07 Å². The lowest BCUT2D eigenvalue weighted by atomic mass is 9.95. The quantitative estimate of drug-likeness (QED) is 0.373. The lowest BCUT2D eigenvalue weighted by Gasteiger charge is -2.10. The number of rotatable bonds is 4. The van der Waals surface area contributed by atoms with Crippen LogP contribution < -0.4 is 0 Å². The van der Waals surface area contributed by atoms with Crippen LogP contribution in [0.3, 0.4) is 0 Å². The molecule has 6 nitrogen and oxygen atoms in total. The summed E-state index contributed by atoms with van der Waals surface area (Å²) < 4.78 is 4.66. The highest BCUT2D eigenvalue weighted by molar-refractivity contribution is 6.00. The molecule has 0 saturated heterocycles. The van der Waals surface area contributed by atoms with Crippen LogP contribution in [0.5, 0.6) is 0 Å². The summed E-state index contributed by atoms with van der Waals surface area (Å²) in [5.41, 5.74) is 1.14. The molecule has 0 amide bonds. The molecule has 0 atom stereocenters. The normalized spacial score (nSPS) is 9.95. The van der Waals surface area contributed by atoms with Gasteiger partial charge in [-0.2, -0.15) is 0 Å². The Balaban J connectivity index is 2.70. The molecular weight excluding hydrogens is 274 g/mol. The SMILES string of the molecule is COC(=O)c1cc([N+](=O)[O-])ccc1-c1ccccc1C=O. The largest absolute Gasteiger partial charge is 0.465 e. The van der Waals surface area contributed by atoms with Gasteiger partial charge in [0, 0.05) is 17.7 Å². The van der Waals surface area contributed by atoms with Crippen molar-refractivity contribution in [3.8, 4) is 11.1 Å². The molecule has 0 bridgehead atoms. The second-order valence-corrected chi connectivity index (χ2v) is 4.18. The Morgan fingerprint density at radius 1 is 1.19 bits per heavy atom. The predicted molar refractivity (Wildman–Crippen MR) is 75.3 cm³/mol. The number of nitro groups is 1. The van der Waals surface area contributed by atoms with E-state index in [0.29, 0.717) is 23.0 Å². The van der Waals surface area contributed by atoms with Gasteiger partial charge in [-0.15, -0.1) is 0 Å². The molecule has 0 aliphatic rings. The van der Waals surface area contributed by atoms with Gasteiger partial charge in [0.25, 0.3) is 5.69 Å². The van der Waals surface area contributed by atoms with Crippen LogP contribution in [-0.4, -0.2) is 24.3 Å². The fourth-order valence-electron chi connectivity index (χ4n) is 2.00. The number of nitrogens with zero attached hydrogens (tertiary/aromatic N) is 1. The van der Waals surface area contributed by atoms with Crippen LogP contribution >= 0.6 is 0 Å². The van der Waals surface area contributed by atoms with Gasteiger partial charge in [-0.25, -0.2) is 4.79 Å². The van der Waals surface area contributed by atoms with Crippen molar-refractivity contribution in [3.05, 3.63) is 63.7 Å². The molecule has 21 heavy (non-hydrogen) atoms. The second kappa shape index (κ2) is 5.96. The molecule has 2 aromatic rings. The van der Waals surface area contributed by atoms with E-state index in [9.17, 15) is 19.7 Å².